The van der Waals surface area contributed by atoms with Crippen LogP contribution in [0.25, 0.3) is 0 Å². The number of benzene rings is 1. The molecular weight excluding hydrogens is 210 g/mol. The molecule has 1 amide bonds. The van der Waals surface area contributed by atoms with Crippen LogP contribution >= 0.6 is 11.6 Å². The van der Waals surface area contributed by atoms with Crippen LogP contribution < -0.4 is 5.32 Å². The Hall–Kier alpha value is -1.28. The summed E-state index contributed by atoms with van der Waals surface area (Å²) >= 11 is 5.83. The summed E-state index contributed by atoms with van der Waals surface area (Å²) in [5.74, 6) is -0.113. The van der Waals surface area contributed by atoms with Crippen molar-refractivity contribution in [2.45, 2.75) is 13.8 Å². The van der Waals surface area contributed by atoms with Gasteiger partial charge in [-0.25, -0.2) is 0 Å². The Bertz CT molecular complexity index is 399. The van der Waals surface area contributed by atoms with Gasteiger partial charge in [0, 0.05) is 17.1 Å². The number of halogens is 1. The average Bonchev–Trinajstić information content (AvgIpc) is 2.18. The van der Waals surface area contributed by atoms with Crippen molar-refractivity contribution >= 4 is 17.5 Å². The molecule has 0 radical (unpaired) electrons. The molecule has 0 heterocycles. The number of rotatable bonds is 3. The van der Waals surface area contributed by atoms with Crippen molar-refractivity contribution in [3.8, 4) is 0 Å². The van der Waals surface area contributed by atoms with Gasteiger partial charge in [-0.2, -0.15) is 0 Å². The largest absolute Gasteiger partial charge is 0.348 e. The minimum absolute atomic E-state index is 0.113. The normalized spacial score (nSPS) is 9.80. The molecule has 2 nitrogen and oxygen atoms in total. The molecule has 1 aromatic carbocycles. The van der Waals surface area contributed by atoms with E-state index in [-0.39, 0.29) is 5.91 Å². The fraction of sp³-hybridized carbons (Fsp3) is 0.250. The number of carbonyl (C=O) groups is 1. The highest BCUT2D eigenvalue weighted by Gasteiger charge is 2.08. The molecule has 80 valence electrons. The lowest BCUT2D eigenvalue weighted by Gasteiger charge is -2.07. The molecule has 1 N–H and O–H groups in total. The van der Waals surface area contributed by atoms with E-state index in [4.69, 9.17) is 11.6 Å². The SMILES string of the molecule is C=C(C)CNC(=O)c1cc(Cl)ccc1C. The Balaban J connectivity index is 2.81. The van der Waals surface area contributed by atoms with Crippen molar-refractivity contribution in [1.82, 2.24) is 5.32 Å². The molecule has 0 saturated carbocycles. The van der Waals surface area contributed by atoms with Crippen LogP contribution in [0.4, 0.5) is 0 Å². The summed E-state index contributed by atoms with van der Waals surface area (Å²) in [4.78, 5) is 11.7. The second kappa shape index (κ2) is 4.99. The Labute approximate surface area is 94.9 Å². The summed E-state index contributed by atoms with van der Waals surface area (Å²) < 4.78 is 0. The molecular formula is C12H14ClNO. The number of carbonyl (C=O) groups excluding carboxylic acids is 1. The number of hydrogen-bond donors (Lipinski definition) is 1. The van der Waals surface area contributed by atoms with Crippen LogP contribution in [0.15, 0.2) is 30.4 Å². The van der Waals surface area contributed by atoms with E-state index < -0.39 is 0 Å². The van der Waals surface area contributed by atoms with E-state index in [2.05, 4.69) is 11.9 Å². The maximum Gasteiger partial charge on any atom is 0.251 e. The Kier molecular flexibility index (Phi) is 3.92. The molecule has 0 atom stereocenters. The number of hydrogen-bond acceptors (Lipinski definition) is 1. The van der Waals surface area contributed by atoms with Gasteiger partial charge in [-0.05, 0) is 31.5 Å². The zero-order valence-electron chi connectivity index (χ0n) is 8.93. The smallest absolute Gasteiger partial charge is 0.251 e. The van der Waals surface area contributed by atoms with E-state index in [1.807, 2.05) is 19.9 Å². The van der Waals surface area contributed by atoms with Gasteiger partial charge < -0.3 is 5.32 Å². The molecule has 0 spiro atoms. The minimum atomic E-state index is -0.113. The highest BCUT2D eigenvalue weighted by molar-refractivity contribution is 6.31. The third kappa shape index (κ3) is 3.40. The molecule has 0 saturated heterocycles. The third-order valence-corrected chi connectivity index (χ3v) is 2.23. The van der Waals surface area contributed by atoms with Crippen LogP contribution in [0.1, 0.15) is 22.8 Å². The summed E-state index contributed by atoms with van der Waals surface area (Å²) in [7, 11) is 0. The highest BCUT2D eigenvalue weighted by Crippen LogP contribution is 2.15. The van der Waals surface area contributed by atoms with Gasteiger partial charge in [-0.1, -0.05) is 29.8 Å². The molecule has 0 bridgehead atoms. The van der Waals surface area contributed by atoms with Gasteiger partial charge in [0.05, 0.1) is 0 Å². The van der Waals surface area contributed by atoms with Crippen molar-refractivity contribution in [2.24, 2.45) is 0 Å². The molecule has 0 aliphatic carbocycles. The second-order valence-electron chi connectivity index (χ2n) is 3.60. The third-order valence-electron chi connectivity index (χ3n) is 1.99. The summed E-state index contributed by atoms with van der Waals surface area (Å²) in [6, 6.07) is 5.27. The molecule has 3 heteroatoms. The zero-order chi connectivity index (χ0) is 11.4. The zero-order valence-corrected chi connectivity index (χ0v) is 9.69. The van der Waals surface area contributed by atoms with Crippen LogP contribution in [0.3, 0.4) is 0 Å². The lowest BCUT2D eigenvalue weighted by molar-refractivity contribution is 0.0956. The standard InChI is InChI=1S/C12H14ClNO/c1-8(2)7-14-12(15)11-6-10(13)5-4-9(11)3/h4-6H,1,7H2,2-3H3,(H,14,15). The van der Waals surface area contributed by atoms with Crippen molar-refractivity contribution in [2.75, 3.05) is 6.54 Å². The minimum Gasteiger partial charge on any atom is -0.348 e. The van der Waals surface area contributed by atoms with Gasteiger partial charge in [0.2, 0.25) is 0 Å². The van der Waals surface area contributed by atoms with Crippen molar-refractivity contribution in [3.63, 3.8) is 0 Å². The lowest BCUT2D eigenvalue weighted by atomic mass is 10.1. The van der Waals surface area contributed by atoms with E-state index in [1.165, 1.54) is 0 Å². The summed E-state index contributed by atoms with van der Waals surface area (Å²) in [5, 5.41) is 3.34. The summed E-state index contributed by atoms with van der Waals surface area (Å²) in [5.41, 5.74) is 2.45. The topological polar surface area (TPSA) is 29.1 Å². The first-order chi connectivity index (χ1) is 7.00. The molecule has 1 aromatic rings. The lowest BCUT2D eigenvalue weighted by Crippen LogP contribution is -2.25. The van der Waals surface area contributed by atoms with Gasteiger partial charge in [-0.3, -0.25) is 4.79 Å². The first-order valence-corrected chi connectivity index (χ1v) is 5.07. The predicted molar refractivity (Wildman–Crippen MR) is 63.3 cm³/mol. The maximum absolute atomic E-state index is 11.7. The quantitative estimate of drug-likeness (QED) is 0.785. The first kappa shape index (κ1) is 11.8. The first-order valence-electron chi connectivity index (χ1n) is 4.69. The van der Waals surface area contributed by atoms with Crippen LogP contribution in [-0.4, -0.2) is 12.5 Å². The molecule has 1 rings (SSSR count). The number of aryl methyl sites for hydroxylation is 1. The van der Waals surface area contributed by atoms with Gasteiger partial charge in [-0.15, -0.1) is 0 Å². The van der Waals surface area contributed by atoms with E-state index in [9.17, 15) is 4.79 Å². The van der Waals surface area contributed by atoms with Gasteiger partial charge >= 0.3 is 0 Å². The van der Waals surface area contributed by atoms with Crippen molar-refractivity contribution < 1.29 is 4.79 Å². The molecule has 0 unspecified atom stereocenters. The summed E-state index contributed by atoms with van der Waals surface area (Å²) in [6.07, 6.45) is 0. The Morgan fingerprint density at radius 2 is 2.20 bits per heavy atom. The van der Waals surface area contributed by atoms with Crippen LogP contribution in [0.2, 0.25) is 5.02 Å². The molecule has 0 aliphatic rings. The highest BCUT2D eigenvalue weighted by atomic mass is 35.5. The molecule has 0 fully saturated rings. The maximum atomic E-state index is 11.7. The Morgan fingerprint density at radius 3 is 2.80 bits per heavy atom. The van der Waals surface area contributed by atoms with Gasteiger partial charge in [0.15, 0.2) is 0 Å². The van der Waals surface area contributed by atoms with Crippen LogP contribution in [0.5, 0.6) is 0 Å². The van der Waals surface area contributed by atoms with Gasteiger partial charge in [0.25, 0.3) is 5.91 Å². The predicted octanol–water partition coefficient (Wildman–Crippen LogP) is 2.95. The van der Waals surface area contributed by atoms with Crippen molar-refractivity contribution in [3.05, 3.63) is 46.5 Å². The van der Waals surface area contributed by atoms with Gasteiger partial charge in [0.1, 0.15) is 0 Å². The summed E-state index contributed by atoms with van der Waals surface area (Å²) in [6.45, 7) is 7.96. The number of amides is 1. The van der Waals surface area contributed by atoms with Crippen LogP contribution in [0, 0.1) is 6.92 Å². The second-order valence-corrected chi connectivity index (χ2v) is 4.04. The van der Waals surface area contributed by atoms with E-state index >= 15 is 0 Å². The Morgan fingerprint density at radius 1 is 1.53 bits per heavy atom. The van der Waals surface area contributed by atoms with E-state index in [1.54, 1.807) is 12.1 Å². The van der Waals surface area contributed by atoms with E-state index in [0.717, 1.165) is 11.1 Å². The average molecular weight is 224 g/mol. The molecule has 15 heavy (non-hydrogen) atoms. The number of nitrogens with one attached hydrogen (secondary N) is 1. The van der Waals surface area contributed by atoms with Crippen molar-refractivity contribution in [1.29, 1.82) is 0 Å². The van der Waals surface area contributed by atoms with E-state index in [0.29, 0.717) is 17.1 Å². The fourth-order valence-electron chi connectivity index (χ4n) is 1.17. The monoisotopic (exact) mass is 223 g/mol. The van der Waals surface area contributed by atoms with Crippen LogP contribution in [-0.2, 0) is 0 Å². The molecule has 0 aliphatic heterocycles. The molecule has 0 aromatic heterocycles. The fourth-order valence-corrected chi connectivity index (χ4v) is 1.34.